The van der Waals surface area contributed by atoms with Crippen LogP contribution in [0.2, 0.25) is 18.1 Å². The summed E-state index contributed by atoms with van der Waals surface area (Å²) in [5.74, 6) is 0. The topological polar surface area (TPSA) is 9.23 Å². The van der Waals surface area contributed by atoms with Gasteiger partial charge >= 0.3 is 0 Å². The highest BCUT2D eigenvalue weighted by atomic mass is 28.4. The van der Waals surface area contributed by atoms with Gasteiger partial charge in [0.25, 0.3) is 0 Å². The molecule has 0 aromatic rings. The minimum Gasteiger partial charge on any atom is -0.420 e. The number of hydrogen-bond donors (Lipinski definition) is 0. The molecule has 0 saturated carbocycles. The van der Waals surface area contributed by atoms with Crippen LogP contribution in [0.4, 0.5) is 0 Å². The van der Waals surface area contributed by atoms with Crippen molar-refractivity contribution in [3.8, 4) is 0 Å². The van der Waals surface area contributed by atoms with Crippen LogP contribution < -0.4 is 0 Å². The first kappa shape index (κ1) is 18.2. The van der Waals surface area contributed by atoms with Gasteiger partial charge in [0.05, 0.1) is 0 Å². The molecule has 0 amide bonds. The first-order chi connectivity index (χ1) is 8.74. The average Bonchev–Trinajstić information content (AvgIpc) is 2.39. The molecule has 0 aromatic heterocycles. The molecule has 0 aliphatic carbocycles. The molecule has 0 spiro atoms. The molecular weight excluding hydrogens is 236 g/mol. The van der Waals surface area contributed by atoms with Crippen molar-refractivity contribution in [3.63, 3.8) is 0 Å². The van der Waals surface area contributed by atoms with Crippen LogP contribution in [-0.2, 0) is 4.43 Å². The van der Waals surface area contributed by atoms with Crippen LogP contribution in [0.15, 0.2) is 0 Å². The lowest BCUT2D eigenvalue weighted by molar-refractivity contribution is 0.381. The van der Waals surface area contributed by atoms with E-state index in [9.17, 15) is 0 Å². The zero-order chi connectivity index (χ0) is 13.7. The van der Waals surface area contributed by atoms with Crippen LogP contribution in [-0.4, -0.2) is 15.4 Å². The van der Waals surface area contributed by atoms with Gasteiger partial charge in [-0.15, -0.1) is 0 Å². The van der Waals surface area contributed by atoms with E-state index >= 15 is 0 Å². The molecule has 0 rings (SSSR count). The van der Waals surface area contributed by atoms with Crippen LogP contribution in [0.25, 0.3) is 0 Å². The maximum Gasteiger partial charge on any atom is 0.192 e. The summed E-state index contributed by atoms with van der Waals surface area (Å²) in [6.45, 7) is 6.89. The van der Waals surface area contributed by atoms with Crippen LogP contribution in [0.1, 0.15) is 78.6 Å². The second-order valence-electron chi connectivity index (χ2n) is 5.76. The zero-order valence-electron chi connectivity index (χ0n) is 13.4. The van der Waals surface area contributed by atoms with Crippen molar-refractivity contribution in [2.45, 2.75) is 96.7 Å². The third-order valence-electron chi connectivity index (χ3n) is 4.14. The Morgan fingerprint density at radius 2 is 0.944 bits per heavy atom. The summed E-state index contributed by atoms with van der Waals surface area (Å²) >= 11 is 0. The van der Waals surface area contributed by atoms with Crippen molar-refractivity contribution in [3.05, 3.63) is 0 Å². The Balaban J connectivity index is 4.20. The largest absolute Gasteiger partial charge is 0.420 e. The van der Waals surface area contributed by atoms with Crippen molar-refractivity contribution in [1.82, 2.24) is 0 Å². The van der Waals surface area contributed by atoms with Gasteiger partial charge in [-0.3, -0.25) is 0 Å². The molecule has 0 N–H and O–H groups in total. The third kappa shape index (κ3) is 8.31. The van der Waals surface area contributed by atoms with Gasteiger partial charge < -0.3 is 4.43 Å². The van der Waals surface area contributed by atoms with Gasteiger partial charge in [0.15, 0.2) is 8.32 Å². The van der Waals surface area contributed by atoms with E-state index in [2.05, 4.69) is 20.8 Å². The van der Waals surface area contributed by atoms with Gasteiger partial charge in [-0.1, -0.05) is 78.6 Å². The first-order valence-corrected chi connectivity index (χ1v) is 10.8. The Hall–Kier alpha value is 0.177. The Morgan fingerprint density at radius 3 is 1.17 bits per heavy atom. The highest BCUT2D eigenvalue weighted by Gasteiger charge is 2.31. The second-order valence-corrected chi connectivity index (χ2v) is 10.0. The lowest BCUT2D eigenvalue weighted by Crippen LogP contribution is -2.36. The quantitative estimate of drug-likeness (QED) is 0.289. The molecule has 0 aromatic carbocycles. The minimum atomic E-state index is -1.38. The number of rotatable bonds is 13. The molecular formula is C16H36OSi. The summed E-state index contributed by atoms with van der Waals surface area (Å²) in [4.78, 5) is 0. The highest BCUT2D eigenvalue weighted by molar-refractivity contribution is 6.73. The predicted octanol–water partition coefficient (Wildman–Crippen LogP) is 6.15. The van der Waals surface area contributed by atoms with Crippen LogP contribution >= 0.6 is 0 Å². The standard InChI is InChI=1S/C16H36OSi/c1-5-8-11-14-18(17-4,15-12-9-6-2)16-13-10-7-3/h5-16H2,1-4H3. The Kier molecular flexibility index (Phi) is 12.3. The lowest BCUT2D eigenvalue weighted by atomic mass is 10.3. The van der Waals surface area contributed by atoms with Crippen molar-refractivity contribution in [2.75, 3.05) is 7.11 Å². The molecule has 1 nitrogen and oxygen atoms in total. The Bertz CT molecular complexity index is 144. The van der Waals surface area contributed by atoms with E-state index in [1.165, 1.54) is 75.9 Å². The summed E-state index contributed by atoms with van der Waals surface area (Å²) in [5.41, 5.74) is 0. The predicted molar refractivity (Wildman–Crippen MR) is 85.8 cm³/mol. The monoisotopic (exact) mass is 272 g/mol. The van der Waals surface area contributed by atoms with E-state index in [0.717, 1.165) is 0 Å². The molecule has 0 radical (unpaired) electrons. The first-order valence-electron chi connectivity index (χ1n) is 8.29. The lowest BCUT2D eigenvalue weighted by Gasteiger charge is -2.30. The third-order valence-corrected chi connectivity index (χ3v) is 8.80. The van der Waals surface area contributed by atoms with Gasteiger partial charge in [-0.2, -0.15) is 0 Å². The zero-order valence-corrected chi connectivity index (χ0v) is 14.4. The van der Waals surface area contributed by atoms with E-state index in [4.69, 9.17) is 4.43 Å². The van der Waals surface area contributed by atoms with Crippen molar-refractivity contribution in [2.24, 2.45) is 0 Å². The molecule has 0 fully saturated rings. The minimum absolute atomic E-state index is 1.33. The van der Waals surface area contributed by atoms with Crippen LogP contribution in [0.5, 0.6) is 0 Å². The average molecular weight is 273 g/mol. The molecule has 18 heavy (non-hydrogen) atoms. The maximum atomic E-state index is 6.12. The molecule has 0 atom stereocenters. The summed E-state index contributed by atoms with van der Waals surface area (Å²) in [6, 6.07) is 4.22. The van der Waals surface area contributed by atoms with Gasteiger partial charge in [0, 0.05) is 7.11 Å². The highest BCUT2D eigenvalue weighted by Crippen LogP contribution is 2.29. The normalized spacial score (nSPS) is 12.0. The summed E-state index contributed by atoms with van der Waals surface area (Å²) in [6.07, 6.45) is 12.4. The second kappa shape index (κ2) is 12.2. The van der Waals surface area contributed by atoms with Crippen molar-refractivity contribution in [1.29, 1.82) is 0 Å². The van der Waals surface area contributed by atoms with Crippen molar-refractivity contribution >= 4 is 8.32 Å². The van der Waals surface area contributed by atoms with Gasteiger partial charge in [-0.05, 0) is 18.1 Å². The van der Waals surface area contributed by atoms with E-state index < -0.39 is 8.32 Å². The van der Waals surface area contributed by atoms with Gasteiger partial charge in [-0.25, -0.2) is 0 Å². The van der Waals surface area contributed by atoms with Crippen molar-refractivity contribution < 1.29 is 4.43 Å². The Labute approximate surface area is 117 Å². The molecule has 0 aliphatic rings. The Morgan fingerprint density at radius 1 is 0.611 bits per heavy atom. The number of hydrogen-bond acceptors (Lipinski definition) is 1. The van der Waals surface area contributed by atoms with Crippen LogP contribution in [0.3, 0.4) is 0 Å². The fourth-order valence-electron chi connectivity index (χ4n) is 2.77. The van der Waals surface area contributed by atoms with E-state index in [1.54, 1.807) is 0 Å². The summed E-state index contributed by atoms with van der Waals surface area (Å²) < 4.78 is 6.12. The van der Waals surface area contributed by atoms with Gasteiger partial charge in [0.1, 0.15) is 0 Å². The molecule has 0 bridgehead atoms. The molecule has 0 aliphatic heterocycles. The molecule has 0 saturated heterocycles. The van der Waals surface area contributed by atoms with E-state index in [0.29, 0.717) is 0 Å². The fourth-order valence-corrected chi connectivity index (χ4v) is 6.82. The smallest absolute Gasteiger partial charge is 0.192 e. The van der Waals surface area contributed by atoms with Crippen LogP contribution in [0, 0.1) is 0 Å². The molecule has 0 unspecified atom stereocenters. The summed E-state index contributed by atoms with van der Waals surface area (Å²) in [7, 11) is 0.615. The van der Waals surface area contributed by atoms with E-state index in [1.807, 2.05) is 7.11 Å². The SMILES string of the molecule is CCCCC[Si](CCCCC)(CCCCC)OC. The molecule has 0 heterocycles. The number of unbranched alkanes of at least 4 members (excludes halogenated alkanes) is 6. The molecule has 2 heteroatoms. The molecule has 110 valence electrons. The summed E-state index contributed by atoms with van der Waals surface area (Å²) in [5, 5.41) is 0. The fraction of sp³-hybridized carbons (Fsp3) is 1.00. The maximum absolute atomic E-state index is 6.12. The van der Waals surface area contributed by atoms with Gasteiger partial charge in [0.2, 0.25) is 0 Å². The van der Waals surface area contributed by atoms with E-state index in [-0.39, 0.29) is 0 Å².